The zero-order valence-corrected chi connectivity index (χ0v) is 26.8. The average molecular weight is 593 g/mol. The Morgan fingerprint density at radius 1 is 0.929 bits per heavy atom. The lowest BCUT2D eigenvalue weighted by Crippen LogP contribution is -2.73. The summed E-state index contributed by atoms with van der Waals surface area (Å²) in [5.41, 5.74) is -6.05. The van der Waals surface area contributed by atoms with Gasteiger partial charge in [-0.05, 0) is 110 Å². The van der Waals surface area contributed by atoms with Gasteiger partial charge >= 0.3 is 0 Å². The van der Waals surface area contributed by atoms with Crippen molar-refractivity contribution in [1.82, 2.24) is 0 Å². The van der Waals surface area contributed by atoms with E-state index in [1.807, 2.05) is 13.8 Å². The van der Waals surface area contributed by atoms with Crippen molar-refractivity contribution in [3.05, 3.63) is 11.6 Å². The van der Waals surface area contributed by atoms with Crippen molar-refractivity contribution >= 4 is 5.78 Å². The van der Waals surface area contributed by atoms with Crippen LogP contribution in [0.15, 0.2) is 11.6 Å². The Morgan fingerprint density at radius 3 is 2.24 bits per heavy atom. The normalized spacial score (nSPS) is 52.8. The van der Waals surface area contributed by atoms with Crippen LogP contribution in [0.1, 0.15) is 107 Å². The summed E-state index contributed by atoms with van der Waals surface area (Å²) < 4.78 is 25.3. The molecule has 238 valence electrons. The number of aliphatic hydroxyl groups is 4. The van der Waals surface area contributed by atoms with Gasteiger partial charge in [-0.1, -0.05) is 13.8 Å². The molecule has 5 fully saturated rings. The topological polar surface area (TPSA) is 135 Å². The highest BCUT2D eigenvalue weighted by atomic mass is 16.8. The van der Waals surface area contributed by atoms with Gasteiger partial charge in [-0.15, -0.1) is 0 Å². The van der Waals surface area contributed by atoms with Crippen molar-refractivity contribution in [2.75, 3.05) is 0 Å². The first kappa shape index (κ1) is 31.1. The summed E-state index contributed by atoms with van der Waals surface area (Å²) in [4.78, 5) is 13.9. The molecule has 0 bridgehead atoms. The molecule has 2 saturated heterocycles. The summed E-state index contributed by atoms with van der Waals surface area (Å²) in [7, 11) is 0. The maximum Gasteiger partial charge on any atom is 0.188 e. The van der Waals surface area contributed by atoms with E-state index in [9.17, 15) is 25.2 Å². The Morgan fingerprint density at radius 2 is 1.60 bits per heavy atom. The zero-order valence-electron chi connectivity index (χ0n) is 26.8. The van der Waals surface area contributed by atoms with Crippen molar-refractivity contribution in [3.63, 3.8) is 0 Å². The number of ketones is 1. The van der Waals surface area contributed by atoms with E-state index in [1.54, 1.807) is 34.6 Å². The van der Waals surface area contributed by atoms with Gasteiger partial charge in [-0.25, -0.2) is 0 Å². The first-order chi connectivity index (χ1) is 19.0. The summed E-state index contributed by atoms with van der Waals surface area (Å²) in [6, 6.07) is 0. The van der Waals surface area contributed by atoms with Crippen LogP contribution >= 0.6 is 0 Å². The molecule has 0 spiro atoms. The lowest BCUT2D eigenvalue weighted by molar-refractivity contribution is -0.237. The Bertz CT molecular complexity index is 1190. The van der Waals surface area contributed by atoms with Crippen LogP contribution in [0.3, 0.4) is 0 Å². The maximum atomic E-state index is 13.9. The standard InChI is InChI=1S/C33H52O9/c1-26(2,36)13-12-23-31(9,42-28(5,6)40-23)21-11-15-32(37)19-16-22(34)33(38)17-20-24(41-27(3,4)39-20)25(35)30(33,8)18(19)10-14-29(21,32)7/h16,18,20-21,23-25,35-38H,10-15,17H2,1-9H3/t18?,20-,21?,23+,24-,25-,29-,30+,31-,32-,33-/m1/s1. The van der Waals surface area contributed by atoms with E-state index in [0.29, 0.717) is 44.1 Å². The number of fused-ring (bicyclic) bond motifs is 6. The Hall–Kier alpha value is -0.910. The third-order valence-corrected chi connectivity index (χ3v) is 12.5. The van der Waals surface area contributed by atoms with Crippen LogP contribution in [0.25, 0.3) is 0 Å². The van der Waals surface area contributed by atoms with Gasteiger partial charge in [0.1, 0.15) is 11.7 Å². The number of hydrogen-bond acceptors (Lipinski definition) is 9. The van der Waals surface area contributed by atoms with Crippen molar-refractivity contribution in [2.24, 2.45) is 22.7 Å². The molecule has 6 aliphatic rings. The minimum atomic E-state index is -1.84. The number of hydrogen-bond donors (Lipinski definition) is 4. The molecule has 9 heteroatoms. The van der Waals surface area contributed by atoms with Gasteiger partial charge in [0.15, 0.2) is 17.4 Å². The van der Waals surface area contributed by atoms with E-state index in [1.165, 1.54) is 6.08 Å². The van der Waals surface area contributed by atoms with Gasteiger partial charge in [0, 0.05) is 17.3 Å². The van der Waals surface area contributed by atoms with E-state index < -0.39 is 74.8 Å². The summed E-state index contributed by atoms with van der Waals surface area (Å²) in [5.74, 6) is -2.76. The van der Waals surface area contributed by atoms with E-state index in [2.05, 4.69) is 13.8 Å². The average Bonchev–Trinajstić information content (AvgIpc) is 3.40. The smallest absolute Gasteiger partial charge is 0.188 e. The van der Waals surface area contributed by atoms with Crippen LogP contribution < -0.4 is 0 Å². The predicted octanol–water partition coefficient (Wildman–Crippen LogP) is 3.54. The first-order valence-electron chi connectivity index (χ1n) is 15.9. The molecule has 11 atom stereocenters. The van der Waals surface area contributed by atoms with Gasteiger partial charge in [0.05, 0.1) is 35.1 Å². The summed E-state index contributed by atoms with van der Waals surface area (Å²) in [5, 5.41) is 47.2. The van der Waals surface area contributed by atoms with Crippen LogP contribution in [0.2, 0.25) is 0 Å². The quantitative estimate of drug-likeness (QED) is 0.387. The van der Waals surface area contributed by atoms with E-state index in [0.717, 1.165) is 0 Å². The summed E-state index contributed by atoms with van der Waals surface area (Å²) in [6.45, 7) is 16.9. The highest BCUT2D eigenvalue weighted by Crippen LogP contribution is 2.70. The molecule has 3 saturated carbocycles. The monoisotopic (exact) mass is 592 g/mol. The van der Waals surface area contributed by atoms with Crippen LogP contribution in [-0.2, 0) is 23.7 Å². The minimum Gasteiger partial charge on any atom is -0.390 e. The highest BCUT2D eigenvalue weighted by Gasteiger charge is 2.76. The molecule has 0 radical (unpaired) electrons. The van der Waals surface area contributed by atoms with E-state index in [4.69, 9.17) is 18.9 Å². The molecule has 4 aliphatic carbocycles. The summed E-state index contributed by atoms with van der Waals surface area (Å²) in [6.07, 6.45) is 2.24. The van der Waals surface area contributed by atoms with Gasteiger partial charge in [-0.2, -0.15) is 0 Å². The number of carbonyl (C=O) groups excluding carboxylic acids is 1. The molecule has 0 aromatic heterocycles. The maximum absolute atomic E-state index is 13.9. The van der Waals surface area contributed by atoms with Gasteiger partial charge in [0.2, 0.25) is 0 Å². The van der Waals surface area contributed by atoms with E-state index >= 15 is 0 Å². The molecule has 2 heterocycles. The van der Waals surface area contributed by atoms with E-state index in [-0.39, 0.29) is 18.4 Å². The first-order valence-corrected chi connectivity index (χ1v) is 15.9. The van der Waals surface area contributed by atoms with Crippen molar-refractivity contribution in [1.29, 1.82) is 0 Å². The molecule has 0 amide bonds. The number of rotatable bonds is 4. The molecular formula is C33H52O9. The highest BCUT2D eigenvalue weighted by molar-refractivity contribution is 6.00. The summed E-state index contributed by atoms with van der Waals surface area (Å²) >= 11 is 0. The van der Waals surface area contributed by atoms with Gasteiger partial charge < -0.3 is 39.4 Å². The van der Waals surface area contributed by atoms with Crippen LogP contribution in [0, 0.1) is 22.7 Å². The lowest BCUT2D eigenvalue weighted by Gasteiger charge is -2.64. The fourth-order valence-electron chi connectivity index (χ4n) is 10.5. The van der Waals surface area contributed by atoms with Gasteiger partial charge in [0.25, 0.3) is 0 Å². The van der Waals surface area contributed by atoms with Crippen molar-refractivity contribution < 1.29 is 44.2 Å². The number of ether oxygens (including phenoxy) is 4. The molecule has 0 aromatic carbocycles. The number of carbonyl (C=O) groups is 1. The third-order valence-electron chi connectivity index (χ3n) is 12.5. The minimum absolute atomic E-state index is 0.0350. The molecular weight excluding hydrogens is 540 g/mol. The van der Waals surface area contributed by atoms with Crippen molar-refractivity contribution in [2.45, 2.75) is 166 Å². The van der Waals surface area contributed by atoms with Crippen LogP contribution in [0.5, 0.6) is 0 Å². The third kappa shape index (κ3) is 4.00. The lowest BCUT2D eigenvalue weighted by atomic mass is 9.43. The zero-order chi connectivity index (χ0) is 31.1. The predicted molar refractivity (Wildman–Crippen MR) is 153 cm³/mol. The Labute approximate surface area is 249 Å². The molecule has 9 nitrogen and oxygen atoms in total. The molecule has 2 unspecified atom stereocenters. The fraction of sp³-hybridized carbons (Fsp3) is 0.909. The SMILES string of the molecule is CC(C)(O)CC[C@@H]1OC(C)(C)O[C@]1(C)C1CC[C@@]2(O)C3=CC(=O)[C@]4(O)C[C@H]5OC(C)(C)O[C@H]5[C@@H](O)[C@]4(C)C3CC[C@]12C. The second-order valence-corrected chi connectivity index (χ2v) is 16.5. The van der Waals surface area contributed by atoms with Crippen LogP contribution in [0.4, 0.5) is 0 Å². The Kier molecular flexibility index (Phi) is 6.57. The molecule has 0 aromatic rings. The second kappa shape index (κ2) is 8.87. The second-order valence-electron chi connectivity index (χ2n) is 16.5. The Balaban J connectivity index is 1.38. The largest absolute Gasteiger partial charge is 0.390 e. The molecule has 42 heavy (non-hydrogen) atoms. The van der Waals surface area contributed by atoms with Crippen LogP contribution in [-0.4, -0.2) is 84.6 Å². The molecule has 6 rings (SSSR count). The van der Waals surface area contributed by atoms with Crippen molar-refractivity contribution in [3.8, 4) is 0 Å². The molecule has 2 aliphatic heterocycles. The molecule has 4 N–H and O–H groups in total. The fourth-order valence-corrected chi connectivity index (χ4v) is 10.5. The number of aliphatic hydroxyl groups excluding tert-OH is 1. The van der Waals surface area contributed by atoms with Gasteiger partial charge in [-0.3, -0.25) is 4.79 Å².